The van der Waals surface area contributed by atoms with Crippen LogP contribution in [0, 0.1) is 13.8 Å². The molecule has 0 fully saturated rings. The molecule has 0 aromatic carbocycles. The van der Waals surface area contributed by atoms with Crippen LogP contribution in [0.15, 0.2) is 12.3 Å². The second-order valence-electron chi connectivity index (χ2n) is 5.05. The molecule has 0 aliphatic heterocycles. The van der Waals surface area contributed by atoms with E-state index in [1.165, 1.54) is 0 Å². The van der Waals surface area contributed by atoms with Crippen LogP contribution in [0.2, 0.25) is 0 Å². The predicted molar refractivity (Wildman–Crippen MR) is 76.4 cm³/mol. The molecule has 0 unspecified atom stereocenters. The number of amides is 1. The lowest BCUT2D eigenvalue weighted by Crippen LogP contribution is -2.26. The fourth-order valence-electron chi connectivity index (χ4n) is 2.06. The van der Waals surface area contributed by atoms with Crippen molar-refractivity contribution in [1.29, 1.82) is 0 Å². The van der Waals surface area contributed by atoms with Gasteiger partial charge in [0.25, 0.3) is 5.91 Å². The second kappa shape index (κ2) is 5.48. The fourth-order valence-corrected chi connectivity index (χ4v) is 2.06. The molecule has 0 aliphatic rings. The van der Waals surface area contributed by atoms with Gasteiger partial charge in [0, 0.05) is 44.6 Å². The SMILES string of the molecule is CCn1cc(CN(C)C(=O)c2cc(C)n(C)n2)c(C)n1. The van der Waals surface area contributed by atoms with E-state index < -0.39 is 0 Å². The van der Waals surface area contributed by atoms with Crippen molar-refractivity contribution in [1.82, 2.24) is 24.5 Å². The van der Waals surface area contributed by atoms with Crippen molar-refractivity contribution in [2.75, 3.05) is 7.05 Å². The summed E-state index contributed by atoms with van der Waals surface area (Å²) in [6, 6.07) is 1.81. The Morgan fingerprint density at radius 2 is 2.05 bits per heavy atom. The number of carbonyl (C=O) groups excluding carboxylic acids is 1. The number of aromatic nitrogens is 4. The van der Waals surface area contributed by atoms with Gasteiger partial charge in [0.2, 0.25) is 0 Å². The van der Waals surface area contributed by atoms with Crippen LogP contribution >= 0.6 is 0 Å². The zero-order chi connectivity index (χ0) is 14.9. The molecule has 0 N–H and O–H groups in total. The number of nitrogens with zero attached hydrogens (tertiary/aromatic N) is 5. The molecule has 0 bridgehead atoms. The fraction of sp³-hybridized carbons (Fsp3) is 0.500. The first-order valence-corrected chi connectivity index (χ1v) is 6.71. The van der Waals surface area contributed by atoms with Gasteiger partial charge in [0.05, 0.1) is 5.69 Å². The highest BCUT2D eigenvalue weighted by molar-refractivity contribution is 5.92. The molecule has 0 saturated heterocycles. The summed E-state index contributed by atoms with van der Waals surface area (Å²) in [6.07, 6.45) is 1.99. The largest absolute Gasteiger partial charge is 0.336 e. The lowest BCUT2D eigenvalue weighted by atomic mass is 10.2. The first-order chi connectivity index (χ1) is 9.42. The Labute approximate surface area is 119 Å². The quantitative estimate of drug-likeness (QED) is 0.850. The lowest BCUT2D eigenvalue weighted by molar-refractivity contribution is 0.0778. The van der Waals surface area contributed by atoms with Crippen molar-refractivity contribution >= 4 is 5.91 Å². The number of aryl methyl sites for hydroxylation is 4. The summed E-state index contributed by atoms with van der Waals surface area (Å²) in [7, 11) is 3.62. The Morgan fingerprint density at radius 3 is 2.55 bits per heavy atom. The van der Waals surface area contributed by atoms with Crippen molar-refractivity contribution in [3.05, 3.63) is 34.9 Å². The zero-order valence-corrected chi connectivity index (χ0v) is 12.7. The van der Waals surface area contributed by atoms with Gasteiger partial charge < -0.3 is 4.90 Å². The van der Waals surface area contributed by atoms with E-state index in [0.29, 0.717) is 12.2 Å². The molecule has 2 aromatic rings. The Morgan fingerprint density at radius 1 is 1.35 bits per heavy atom. The van der Waals surface area contributed by atoms with Gasteiger partial charge >= 0.3 is 0 Å². The minimum absolute atomic E-state index is 0.0719. The molecule has 2 rings (SSSR count). The maximum atomic E-state index is 12.3. The minimum atomic E-state index is -0.0719. The topological polar surface area (TPSA) is 56.0 Å². The van der Waals surface area contributed by atoms with E-state index in [-0.39, 0.29) is 5.91 Å². The first kappa shape index (κ1) is 14.3. The van der Waals surface area contributed by atoms with Crippen LogP contribution in [0.3, 0.4) is 0 Å². The highest BCUT2D eigenvalue weighted by atomic mass is 16.2. The monoisotopic (exact) mass is 275 g/mol. The average Bonchev–Trinajstić information content (AvgIpc) is 2.93. The van der Waals surface area contributed by atoms with Crippen molar-refractivity contribution in [2.45, 2.75) is 33.9 Å². The average molecular weight is 275 g/mol. The van der Waals surface area contributed by atoms with Crippen LogP contribution in [0.25, 0.3) is 0 Å². The smallest absolute Gasteiger partial charge is 0.274 e. The molecular formula is C14H21N5O. The third-order valence-corrected chi connectivity index (χ3v) is 3.46. The van der Waals surface area contributed by atoms with Gasteiger partial charge in [-0.05, 0) is 26.8 Å². The van der Waals surface area contributed by atoms with Crippen LogP contribution in [0.1, 0.15) is 34.4 Å². The molecular weight excluding hydrogens is 254 g/mol. The second-order valence-corrected chi connectivity index (χ2v) is 5.05. The summed E-state index contributed by atoms with van der Waals surface area (Å²) >= 11 is 0. The first-order valence-electron chi connectivity index (χ1n) is 6.71. The Bertz CT molecular complexity index is 606. The minimum Gasteiger partial charge on any atom is -0.336 e. The maximum absolute atomic E-state index is 12.3. The molecule has 2 aromatic heterocycles. The van der Waals surface area contributed by atoms with Crippen molar-refractivity contribution in [3.63, 3.8) is 0 Å². The third-order valence-electron chi connectivity index (χ3n) is 3.46. The summed E-state index contributed by atoms with van der Waals surface area (Å²) in [6.45, 7) is 7.31. The molecule has 108 valence electrons. The molecule has 0 saturated carbocycles. The van der Waals surface area contributed by atoms with Crippen LogP contribution in [0.4, 0.5) is 0 Å². The molecule has 1 amide bonds. The van der Waals surface area contributed by atoms with E-state index in [0.717, 1.165) is 23.5 Å². The van der Waals surface area contributed by atoms with Crippen LogP contribution in [-0.2, 0) is 20.1 Å². The van der Waals surface area contributed by atoms with E-state index in [1.54, 1.807) is 22.7 Å². The van der Waals surface area contributed by atoms with E-state index in [9.17, 15) is 4.79 Å². The van der Waals surface area contributed by atoms with Crippen LogP contribution < -0.4 is 0 Å². The molecule has 0 atom stereocenters. The van der Waals surface area contributed by atoms with Crippen molar-refractivity contribution in [3.8, 4) is 0 Å². The third kappa shape index (κ3) is 2.74. The van der Waals surface area contributed by atoms with E-state index in [2.05, 4.69) is 10.2 Å². The lowest BCUT2D eigenvalue weighted by Gasteiger charge is -2.15. The standard InChI is InChI=1S/C14H21N5O/c1-6-19-9-12(11(3)15-19)8-17(4)14(20)13-7-10(2)18(5)16-13/h7,9H,6,8H2,1-5H3. The summed E-state index contributed by atoms with van der Waals surface area (Å²) < 4.78 is 3.59. The van der Waals surface area contributed by atoms with E-state index >= 15 is 0 Å². The highest BCUT2D eigenvalue weighted by Gasteiger charge is 2.17. The van der Waals surface area contributed by atoms with Crippen LogP contribution in [0.5, 0.6) is 0 Å². The molecule has 6 nitrogen and oxygen atoms in total. The predicted octanol–water partition coefficient (Wildman–Crippen LogP) is 1.53. The van der Waals surface area contributed by atoms with Gasteiger partial charge in [0.1, 0.15) is 0 Å². The Kier molecular flexibility index (Phi) is 3.92. The number of carbonyl (C=O) groups is 1. The normalized spacial score (nSPS) is 10.8. The van der Waals surface area contributed by atoms with Gasteiger partial charge in [-0.25, -0.2) is 0 Å². The molecule has 2 heterocycles. The number of hydrogen-bond donors (Lipinski definition) is 0. The molecule has 20 heavy (non-hydrogen) atoms. The number of hydrogen-bond acceptors (Lipinski definition) is 3. The molecule has 0 spiro atoms. The van der Waals surface area contributed by atoms with Gasteiger partial charge in [-0.3, -0.25) is 14.2 Å². The summed E-state index contributed by atoms with van der Waals surface area (Å²) in [5, 5.41) is 8.61. The van der Waals surface area contributed by atoms with Crippen LogP contribution in [-0.4, -0.2) is 37.4 Å². The van der Waals surface area contributed by atoms with Gasteiger partial charge in [-0.15, -0.1) is 0 Å². The summed E-state index contributed by atoms with van der Waals surface area (Å²) in [5.41, 5.74) is 3.48. The zero-order valence-electron chi connectivity index (χ0n) is 12.7. The molecule has 6 heteroatoms. The van der Waals surface area contributed by atoms with Gasteiger partial charge in [0.15, 0.2) is 5.69 Å². The van der Waals surface area contributed by atoms with E-state index in [4.69, 9.17) is 0 Å². The highest BCUT2D eigenvalue weighted by Crippen LogP contribution is 2.11. The number of rotatable bonds is 4. The Hall–Kier alpha value is -2.11. The van der Waals surface area contributed by atoms with Gasteiger partial charge in [-0.1, -0.05) is 0 Å². The summed E-state index contributed by atoms with van der Waals surface area (Å²) in [5.74, 6) is -0.0719. The Balaban J connectivity index is 2.12. The van der Waals surface area contributed by atoms with Crippen molar-refractivity contribution < 1.29 is 4.79 Å². The summed E-state index contributed by atoms with van der Waals surface area (Å²) in [4.78, 5) is 14.0. The molecule has 0 aliphatic carbocycles. The van der Waals surface area contributed by atoms with Crippen molar-refractivity contribution in [2.24, 2.45) is 7.05 Å². The van der Waals surface area contributed by atoms with E-state index in [1.807, 2.05) is 38.7 Å². The molecule has 0 radical (unpaired) electrons. The maximum Gasteiger partial charge on any atom is 0.274 e. The van der Waals surface area contributed by atoms with Gasteiger partial charge in [-0.2, -0.15) is 10.2 Å².